The van der Waals surface area contributed by atoms with Crippen LogP contribution in [0, 0.1) is 24.7 Å². The van der Waals surface area contributed by atoms with Crippen molar-refractivity contribution < 1.29 is 9.90 Å². The van der Waals surface area contributed by atoms with E-state index in [1.807, 2.05) is 0 Å². The maximum atomic E-state index is 11.0. The Labute approximate surface area is 98.9 Å². The molecule has 0 atom stereocenters. The van der Waals surface area contributed by atoms with E-state index in [-0.39, 0.29) is 5.56 Å². The lowest BCUT2D eigenvalue weighted by Crippen LogP contribution is -2.00. The van der Waals surface area contributed by atoms with Gasteiger partial charge in [-0.2, -0.15) is 0 Å². The van der Waals surface area contributed by atoms with Crippen molar-refractivity contribution in [2.45, 2.75) is 0 Å². The third kappa shape index (κ3) is 1.62. The fourth-order valence-corrected chi connectivity index (χ4v) is 1.82. The largest absolute Gasteiger partial charge is 0.478 e. The third-order valence-corrected chi connectivity index (χ3v) is 2.59. The first-order valence-corrected chi connectivity index (χ1v) is 4.91. The van der Waals surface area contributed by atoms with Gasteiger partial charge in [0.2, 0.25) is 0 Å². The molecule has 0 heterocycles. The summed E-state index contributed by atoms with van der Waals surface area (Å²) in [6.07, 6.45) is 10.8. The van der Waals surface area contributed by atoms with Crippen molar-refractivity contribution in [3.05, 3.63) is 47.0 Å². The Morgan fingerprint density at radius 3 is 2.41 bits per heavy atom. The minimum atomic E-state index is -1.04. The maximum Gasteiger partial charge on any atom is 0.336 e. The number of carboxylic acid groups (broad SMARTS) is 1. The molecule has 0 saturated heterocycles. The Morgan fingerprint density at radius 1 is 1.06 bits per heavy atom. The molecule has 80 valence electrons. The van der Waals surface area contributed by atoms with E-state index in [4.69, 9.17) is 18.0 Å². The van der Waals surface area contributed by atoms with Gasteiger partial charge in [-0.05, 0) is 22.9 Å². The van der Waals surface area contributed by atoms with Crippen molar-refractivity contribution in [3.63, 3.8) is 0 Å². The van der Waals surface area contributed by atoms with Gasteiger partial charge in [-0.25, -0.2) is 4.79 Å². The predicted octanol–water partition coefficient (Wildman–Crippen LogP) is 2.50. The van der Waals surface area contributed by atoms with Crippen LogP contribution in [0.4, 0.5) is 0 Å². The van der Waals surface area contributed by atoms with Crippen molar-refractivity contribution in [2.24, 2.45) is 0 Å². The summed E-state index contributed by atoms with van der Waals surface area (Å²) in [5, 5.41) is 10.5. The van der Waals surface area contributed by atoms with E-state index in [0.29, 0.717) is 16.5 Å². The van der Waals surface area contributed by atoms with Gasteiger partial charge in [0.1, 0.15) is 0 Å². The summed E-state index contributed by atoms with van der Waals surface area (Å²) >= 11 is 0. The Kier molecular flexibility index (Phi) is 2.57. The van der Waals surface area contributed by atoms with Crippen LogP contribution in [0.15, 0.2) is 30.3 Å². The van der Waals surface area contributed by atoms with E-state index in [0.717, 1.165) is 5.39 Å². The second kappa shape index (κ2) is 4.04. The average Bonchev–Trinajstić information content (AvgIpc) is 2.36. The first kappa shape index (κ1) is 10.8. The normalized spacial score (nSPS) is 9.53. The summed E-state index contributed by atoms with van der Waals surface area (Å²) in [6, 6.07) is 8.51. The van der Waals surface area contributed by atoms with Gasteiger partial charge in [-0.15, -0.1) is 12.8 Å². The van der Waals surface area contributed by atoms with Gasteiger partial charge < -0.3 is 5.11 Å². The number of fused-ring (bicyclic) bond motifs is 1. The molecule has 0 radical (unpaired) electrons. The van der Waals surface area contributed by atoms with Crippen LogP contribution in [0.25, 0.3) is 10.8 Å². The van der Waals surface area contributed by atoms with Gasteiger partial charge >= 0.3 is 5.97 Å². The van der Waals surface area contributed by atoms with Crippen molar-refractivity contribution in [1.29, 1.82) is 0 Å². The van der Waals surface area contributed by atoms with Crippen LogP contribution in [-0.2, 0) is 0 Å². The summed E-state index contributed by atoms with van der Waals surface area (Å²) in [5.74, 6) is 3.94. The minimum absolute atomic E-state index is 0.120. The van der Waals surface area contributed by atoms with Gasteiger partial charge in [-0.1, -0.05) is 30.0 Å². The molecule has 0 aliphatic heterocycles. The summed E-state index contributed by atoms with van der Waals surface area (Å²) < 4.78 is 0. The third-order valence-electron chi connectivity index (χ3n) is 2.59. The zero-order valence-corrected chi connectivity index (χ0v) is 8.90. The van der Waals surface area contributed by atoms with Crippen LogP contribution in [0.1, 0.15) is 21.5 Å². The molecule has 0 aliphatic carbocycles. The smallest absolute Gasteiger partial charge is 0.336 e. The lowest BCUT2D eigenvalue weighted by molar-refractivity contribution is 0.0697. The van der Waals surface area contributed by atoms with Crippen molar-refractivity contribution in [3.8, 4) is 24.7 Å². The summed E-state index contributed by atoms with van der Waals surface area (Å²) in [6.45, 7) is 0. The van der Waals surface area contributed by atoms with Gasteiger partial charge in [-0.3, -0.25) is 0 Å². The second-order valence-corrected chi connectivity index (χ2v) is 3.48. The highest BCUT2D eigenvalue weighted by atomic mass is 16.4. The molecule has 0 unspecified atom stereocenters. The predicted molar refractivity (Wildman–Crippen MR) is 66.8 cm³/mol. The van der Waals surface area contributed by atoms with Crippen molar-refractivity contribution in [2.75, 3.05) is 0 Å². The monoisotopic (exact) mass is 220 g/mol. The van der Waals surface area contributed by atoms with Crippen LogP contribution in [0.3, 0.4) is 0 Å². The Morgan fingerprint density at radius 2 is 1.82 bits per heavy atom. The number of hydrogen-bond acceptors (Lipinski definition) is 1. The van der Waals surface area contributed by atoms with Gasteiger partial charge in [0.05, 0.1) is 5.56 Å². The number of aromatic carboxylic acids is 1. The van der Waals surface area contributed by atoms with Crippen LogP contribution < -0.4 is 0 Å². The standard InChI is InChI=1S/C15H8O2/c1-3-10-6-5-7-13-11(4-2)14(15(16)17)9-8-12(10)13/h1-2,5-9H,(H,16,17). The molecule has 0 fully saturated rings. The minimum Gasteiger partial charge on any atom is -0.478 e. The molecule has 2 nitrogen and oxygen atoms in total. The molecule has 0 spiro atoms. The molecule has 2 aromatic carbocycles. The second-order valence-electron chi connectivity index (χ2n) is 3.48. The lowest BCUT2D eigenvalue weighted by Gasteiger charge is -2.06. The fraction of sp³-hybridized carbons (Fsp3) is 0. The topological polar surface area (TPSA) is 37.3 Å². The van der Waals surface area contributed by atoms with Crippen molar-refractivity contribution in [1.82, 2.24) is 0 Å². The molecule has 0 saturated carbocycles. The van der Waals surface area contributed by atoms with Gasteiger partial charge in [0, 0.05) is 11.1 Å². The van der Waals surface area contributed by atoms with Crippen LogP contribution >= 0.6 is 0 Å². The molecule has 2 rings (SSSR count). The van der Waals surface area contributed by atoms with E-state index < -0.39 is 5.97 Å². The first-order chi connectivity index (χ1) is 8.19. The van der Waals surface area contributed by atoms with Crippen LogP contribution in [-0.4, -0.2) is 11.1 Å². The molecular formula is C15H8O2. The molecule has 0 amide bonds. The molecule has 2 aromatic rings. The van der Waals surface area contributed by atoms with Gasteiger partial charge in [0.15, 0.2) is 0 Å². The quantitative estimate of drug-likeness (QED) is 0.750. The van der Waals surface area contributed by atoms with E-state index >= 15 is 0 Å². The lowest BCUT2D eigenvalue weighted by atomic mass is 9.96. The maximum absolute atomic E-state index is 11.0. The molecule has 0 aromatic heterocycles. The SMILES string of the molecule is C#Cc1cccc2c(C#C)c(C(=O)O)ccc12. The highest BCUT2D eigenvalue weighted by Gasteiger charge is 2.12. The summed E-state index contributed by atoms with van der Waals surface area (Å²) in [7, 11) is 0. The molecule has 1 N–H and O–H groups in total. The van der Waals surface area contributed by atoms with Crippen LogP contribution in [0.2, 0.25) is 0 Å². The summed E-state index contributed by atoms with van der Waals surface area (Å²) in [4.78, 5) is 11.0. The molecule has 0 aliphatic rings. The number of terminal acetylenes is 2. The van der Waals surface area contributed by atoms with E-state index in [2.05, 4.69) is 11.8 Å². The van der Waals surface area contributed by atoms with Crippen molar-refractivity contribution >= 4 is 16.7 Å². The first-order valence-electron chi connectivity index (χ1n) is 4.91. The van der Waals surface area contributed by atoms with E-state index in [1.54, 1.807) is 24.3 Å². The highest BCUT2D eigenvalue weighted by molar-refractivity contribution is 6.01. The average molecular weight is 220 g/mol. The summed E-state index contributed by atoms with van der Waals surface area (Å²) in [5.41, 5.74) is 1.19. The number of benzene rings is 2. The van der Waals surface area contributed by atoms with E-state index in [9.17, 15) is 4.79 Å². The van der Waals surface area contributed by atoms with Gasteiger partial charge in [0.25, 0.3) is 0 Å². The Bertz CT molecular complexity index is 697. The zero-order chi connectivity index (χ0) is 12.4. The molecule has 0 bridgehead atoms. The Balaban J connectivity index is 2.95. The number of rotatable bonds is 1. The van der Waals surface area contributed by atoms with E-state index in [1.165, 1.54) is 6.07 Å². The fourth-order valence-electron chi connectivity index (χ4n) is 1.82. The number of carbonyl (C=O) groups is 1. The molecule has 2 heteroatoms. The molecular weight excluding hydrogens is 212 g/mol. The van der Waals surface area contributed by atoms with Crippen LogP contribution in [0.5, 0.6) is 0 Å². The Hall–Kier alpha value is -2.71. The number of hydrogen-bond donors (Lipinski definition) is 1. The highest BCUT2D eigenvalue weighted by Crippen LogP contribution is 2.24. The number of carboxylic acids is 1. The molecule has 17 heavy (non-hydrogen) atoms. The zero-order valence-electron chi connectivity index (χ0n) is 8.90.